The summed E-state index contributed by atoms with van der Waals surface area (Å²) in [7, 11) is 0. The zero-order chi connectivity index (χ0) is 10.8. The number of carbonyl (C=O) groups is 1. The van der Waals surface area contributed by atoms with Crippen molar-refractivity contribution in [3.05, 3.63) is 18.0 Å². The SMILES string of the molecule is Cc1ccn(CC(C)(C)C(=O)NN)n1. The first-order chi connectivity index (χ1) is 6.45. The van der Waals surface area contributed by atoms with Crippen LogP contribution in [0.5, 0.6) is 0 Å². The van der Waals surface area contributed by atoms with Crippen LogP contribution in [0.3, 0.4) is 0 Å². The molecule has 0 bridgehead atoms. The molecule has 0 fully saturated rings. The van der Waals surface area contributed by atoms with E-state index in [4.69, 9.17) is 5.84 Å². The standard InChI is InChI=1S/C9H16N4O/c1-7-4-5-13(12-7)6-9(2,3)8(14)11-10/h4-5H,6,10H2,1-3H3,(H,11,14). The first kappa shape index (κ1) is 10.7. The Kier molecular flexibility index (Phi) is 2.90. The van der Waals surface area contributed by atoms with Crippen molar-refractivity contribution in [3.8, 4) is 0 Å². The van der Waals surface area contributed by atoms with Gasteiger partial charge in [-0.2, -0.15) is 5.10 Å². The van der Waals surface area contributed by atoms with E-state index in [0.717, 1.165) is 5.69 Å². The molecule has 1 amide bonds. The Morgan fingerprint density at radius 1 is 1.71 bits per heavy atom. The smallest absolute Gasteiger partial charge is 0.241 e. The normalized spacial score (nSPS) is 11.4. The third-order valence-corrected chi connectivity index (χ3v) is 2.08. The predicted octanol–water partition coefficient (Wildman–Crippen LogP) is 0.208. The Labute approximate surface area is 83.2 Å². The topological polar surface area (TPSA) is 72.9 Å². The number of hydrazine groups is 1. The van der Waals surface area contributed by atoms with Crippen molar-refractivity contribution in [2.75, 3.05) is 0 Å². The molecular weight excluding hydrogens is 180 g/mol. The molecule has 1 aromatic rings. The van der Waals surface area contributed by atoms with E-state index < -0.39 is 5.41 Å². The average molecular weight is 196 g/mol. The molecule has 0 aromatic carbocycles. The highest BCUT2D eigenvalue weighted by atomic mass is 16.2. The number of aryl methyl sites for hydroxylation is 1. The highest BCUT2D eigenvalue weighted by molar-refractivity contribution is 5.81. The van der Waals surface area contributed by atoms with E-state index in [-0.39, 0.29) is 5.91 Å². The van der Waals surface area contributed by atoms with Gasteiger partial charge in [-0.05, 0) is 26.8 Å². The number of nitrogens with one attached hydrogen (secondary N) is 1. The molecule has 0 saturated carbocycles. The molecule has 0 aliphatic carbocycles. The lowest BCUT2D eigenvalue weighted by atomic mass is 9.93. The highest BCUT2D eigenvalue weighted by Crippen LogP contribution is 2.17. The minimum absolute atomic E-state index is 0.189. The van der Waals surface area contributed by atoms with Crippen molar-refractivity contribution in [2.45, 2.75) is 27.3 Å². The fraction of sp³-hybridized carbons (Fsp3) is 0.556. The molecule has 0 aliphatic rings. The lowest BCUT2D eigenvalue weighted by molar-refractivity contribution is -0.130. The molecule has 3 N–H and O–H groups in total. The molecule has 14 heavy (non-hydrogen) atoms. The maximum absolute atomic E-state index is 11.4. The van der Waals surface area contributed by atoms with E-state index in [9.17, 15) is 4.79 Å². The summed E-state index contributed by atoms with van der Waals surface area (Å²) in [6.45, 7) is 6.08. The van der Waals surface area contributed by atoms with Gasteiger partial charge in [0.05, 0.1) is 17.7 Å². The lowest BCUT2D eigenvalue weighted by Gasteiger charge is -2.21. The van der Waals surface area contributed by atoms with Gasteiger partial charge in [-0.25, -0.2) is 5.84 Å². The van der Waals surface area contributed by atoms with E-state index in [1.165, 1.54) is 0 Å². The lowest BCUT2D eigenvalue weighted by Crippen LogP contribution is -2.43. The molecule has 1 aromatic heterocycles. The van der Waals surface area contributed by atoms with Gasteiger partial charge in [-0.1, -0.05) is 0 Å². The van der Waals surface area contributed by atoms with Crippen LogP contribution in [0, 0.1) is 12.3 Å². The summed E-state index contributed by atoms with van der Waals surface area (Å²) >= 11 is 0. The molecule has 78 valence electrons. The van der Waals surface area contributed by atoms with Gasteiger partial charge in [0, 0.05) is 6.20 Å². The van der Waals surface area contributed by atoms with Gasteiger partial charge in [-0.3, -0.25) is 14.9 Å². The maximum atomic E-state index is 11.4. The van der Waals surface area contributed by atoms with E-state index in [2.05, 4.69) is 10.5 Å². The fourth-order valence-corrected chi connectivity index (χ4v) is 1.22. The van der Waals surface area contributed by atoms with Gasteiger partial charge in [0.25, 0.3) is 0 Å². The Morgan fingerprint density at radius 3 is 2.79 bits per heavy atom. The number of nitrogens with two attached hydrogens (primary N) is 1. The number of rotatable bonds is 3. The molecule has 5 nitrogen and oxygen atoms in total. The van der Waals surface area contributed by atoms with E-state index >= 15 is 0 Å². The molecule has 1 rings (SSSR count). The highest BCUT2D eigenvalue weighted by Gasteiger charge is 2.27. The second-order valence-electron chi connectivity index (χ2n) is 4.01. The number of nitrogens with zero attached hydrogens (tertiary/aromatic N) is 2. The van der Waals surface area contributed by atoms with Gasteiger partial charge in [0.1, 0.15) is 0 Å². The molecule has 0 aliphatic heterocycles. The van der Waals surface area contributed by atoms with E-state index in [0.29, 0.717) is 6.54 Å². The summed E-state index contributed by atoms with van der Waals surface area (Å²) in [4.78, 5) is 11.4. The number of carbonyl (C=O) groups excluding carboxylic acids is 1. The third-order valence-electron chi connectivity index (χ3n) is 2.08. The second kappa shape index (κ2) is 3.79. The summed E-state index contributed by atoms with van der Waals surface area (Å²) in [5.41, 5.74) is 2.54. The first-order valence-corrected chi connectivity index (χ1v) is 4.47. The monoisotopic (exact) mass is 196 g/mol. The Morgan fingerprint density at radius 2 is 2.36 bits per heavy atom. The Balaban J connectivity index is 2.72. The number of aromatic nitrogens is 2. The molecule has 0 saturated heterocycles. The second-order valence-corrected chi connectivity index (χ2v) is 4.01. The molecule has 0 spiro atoms. The van der Waals surface area contributed by atoms with Crippen LogP contribution >= 0.6 is 0 Å². The van der Waals surface area contributed by atoms with Gasteiger partial charge in [-0.15, -0.1) is 0 Å². The number of amides is 1. The van der Waals surface area contributed by atoms with E-state index in [1.807, 2.05) is 33.0 Å². The molecule has 0 atom stereocenters. The van der Waals surface area contributed by atoms with Crippen LogP contribution in [0.15, 0.2) is 12.3 Å². The van der Waals surface area contributed by atoms with Crippen molar-refractivity contribution in [3.63, 3.8) is 0 Å². The van der Waals surface area contributed by atoms with Crippen molar-refractivity contribution in [1.29, 1.82) is 0 Å². The van der Waals surface area contributed by atoms with Crippen LogP contribution in [0.4, 0.5) is 0 Å². The molecule has 0 unspecified atom stereocenters. The first-order valence-electron chi connectivity index (χ1n) is 4.47. The zero-order valence-electron chi connectivity index (χ0n) is 8.74. The predicted molar refractivity (Wildman–Crippen MR) is 53.1 cm³/mol. The van der Waals surface area contributed by atoms with Crippen LogP contribution in [0.1, 0.15) is 19.5 Å². The molecule has 5 heteroatoms. The van der Waals surface area contributed by atoms with Crippen LogP contribution in [0.2, 0.25) is 0 Å². The Hall–Kier alpha value is -1.36. The quantitative estimate of drug-likeness (QED) is 0.412. The summed E-state index contributed by atoms with van der Waals surface area (Å²) in [5, 5.41) is 4.21. The summed E-state index contributed by atoms with van der Waals surface area (Å²) < 4.78 is 1.74. The summed E-state index contributed by atoms with van der Waals surface area (Å²) in [6.07, 6.45) is 1.85. The zero-order valence-corrected chi connectivity index (χ0v) is 8.74. The fourth-order valence-electron chi connectivity index (χ4n) is 1.22. The van der Waals surface area contributed by atoms with Gasteiger partial charge in [0.2, 0.25) is 5.91 Å². The van der Waals surface area contributed by atoms with E-state index in [1.54, 1.807) is 4.68 Å². The van der Waals surface area contributed by atoms with Crippen LogP contribution in [0.25, 0.3) is 0 Å². The number of hydrogen-bond donors (Lipinski definition) is 2. The summed E-state index contributed by atoms with van der Waals surface area (Å²) in [6, 6.07) is 1.90. The molecule has 1 heterocycles. The van der Waals surface area contributed by atoms with Gasteiger partial charge in [0.15, 0.2) is 0 Å². The Bertz CT molecular complexity index is 329. The van der Waals surface area contributed by atoms with Gasteiger partial charge < -0.3 is 0 Å². The maximum Gasteiger partial charge on any atom is 0.241 e. The van der Waals surface area contributed by atoms with Crippen LogP contribution < -0.4 is 11.3 Å². The minimum Gasteiger partial charge on any atom is -0.294 e. The van der Waals surface area contributed by atoms with Crippen molar-refractivity contribution >= 4 is 5.91 Å². The van der Waals surface area contributed by atoms with Crippen molar-refractivity contribution < 1.29 is 4.79 Å². The average Bonchev–Trinajstić information content (AvgIpc) is 2.48. The van der Waals surface area contributed by atoms with Crippen molar-refractivity contribution in [1.82, 2.24) is 15.2 Å². The minimum atomic E-state index is -0.548. The summed E-state index contributed by atoms with van der Waals surface area (Å²) in [5.74, 6) is 4.90. The molecular formula is C9H16N4O. The largest absolute Gasteiger partial charge is 0.294 e. The van der Waals surface area contributed by atoms with Crippen LogP contribution in [-0.2, 0) is 11.3 Å². The number of hydrogen-bond acceptors (Lipinski definition) is 3. The van der Waals surface area contributed by atoms with Gasteiger partial charge >= 0.3 is 0 Å². The third kappa shape index (κ3) is 2.32. The van der Waals surface area contributed by atoms with Crippen LogP contribution in [-0.4, -0.2) is 15.7 Å². The van der Waals surface area contributed by atoms with Crippen molar-refractivity contribution in [2.24, 2.45) is 11.3 Å². The molecule has 0 radical (unpaired) electrons.